The maximum atomic E-state index is 13.7. The van der Waals surface area contributed by atoms with Crippen molar-refractivity contribution in [2.75, 3.05) is 12.8 Å². The van der Waals surface area contributed by atoms with Gasteiger partial charge in [0.25, 0.3) is 5.91 Å². The number of fused-ring (bicyclic) bond motifs is 1. The number of sulfonamides is 1. The van der Waals surface area contributed by atoms with E-state index in [1.807, 2.05) is 6.92 Å². The molecule has 1 aliphatic rings. The minimum atomic E-state index is -3.67. The number of nitrogens with zero attached hydrogens (tertiary/aromatic N) is 2. The van der Waals surface area contributed by atoms with Crippen LogP contribution in [0.15, 0.2) is 81.6 Å². The van der Waals surface area contributed by atoms with Gasteiger partial charge in [0, 0.05) is 31.1 Å². The predicted molar refractivity (Wildman–Crippen MR) is 133 cm³/mol. The molecular weight excluding hydrogens is 505 g/mol. The number of carbonyl (C=O) groups excluding carboxylic acids is 1. The molecule has 0 saturated carbocycles. The van der Waals surface area contributed by atoms with E-state index in [1.165, 1.54) is 29.6 Å². The SMILES string of the molecule is Cc1ccc(S(=O)(=O)N(C)Cc2ccc(C(=O)NN=C3CCS(=O)(=O)c4ccc(F)cc43)cc2)cc1. The fraction of sp³-hybridized carbons (Fsp3) is 0.200. The third-order valence-electron chi connectivity index (χ3n) is 5.84. The van der Waals surface area contributed by atoms with Crippen LogP contribution < -0.4 is 5.43 Å². The van der Waals surface area contributed by atoms with Crippen LogP contribution in [0.1, 0.15) is 33.5 Å². The number of aryl methyl sites for hydroxylation is 1. The first kappa shape index (κ1) is 25.7. The molecule has 3 aromatic rings. The molecule has 0 radical (unpaired) electrons. The van der Waals surface area contributed by atoms with Crippen molar-refractivity contribution in [1.82, 2.24) is 9.73 Å². The zero-order chi connectivity index (χ0) is 26.1. The molecule has 0 aliphatic carbocycles. The summed E-state index contributed by atoms with van der Waals surface area (Å²) in [5.41, 5.74) is 4.71. The lowest BCUT2D eigenvalue weighted by atomic mass is 10.1. The number of hydrogen-bond acceptors (Lipinski definition) is 6. The minimum Gasteiger partial charge on any atom is -0.267 e. The van der Waals surface area contributed by atoms with E-state index in [4.69, 9.17) is 0 Å². The topological polar surface area (TPSA) is 113 Å². The lowest BCUT2D eigenvalue weighted by molar-refractivity contribution is 0.0954. The second-order valence-electron chi connectivity index (χ2n) is 8.48. The van der Waals surface area contributed by atoms with Gasteiger partial charge in [-0.3, -0.25) is 4.79 Å². The van der Waals surface area contributed by atoms with Gasteiger partial charge >= 0.3 is 0 Å². The van der Waals surface area contributed by atoms with E-state index >= 15 is 0 Å². The average molecular weight is 530 g/mol. The molecule has 0 spiro atoms. The first-order chi connectivity index (χ1) is 17.0. The minimum absolute atomic E-state index is 0.0165. The van der Waals surface area contributed by atoms with Crippen LogP contribution in [0.25, 0.3) is 0 Å². The van der Waals surface area contributed by atoms with E-state index in [0.29, 0.717) is 5.56 Å². The normalized spacial score (nSPS) is 16.1. The summed E-state index contributed by atoms with van der Waals surface area (Å²) in [6.45, 7) is 1.99. The van der Waals surface area contributed by atoms with Gasteiger partial charge in [-0.25, -0.2) is 26.7 Å². The summed E-state index contributed by atoms with van der Waals surface area (Å²) in [7, 11) is -5.72. The Labute approximate surface area is 209 Å². The Hall–Kier alpha value is -3.41. The van der Waals surface area contributed by atoms with Gasteiger partial charge in [-0.05, 0) is 55.0 Å². The molecule has 0 fully saturated rings. The largest absolute Gasteiger partial charge is 0.271 e. The molecule has 0 bridgehead atoms. The highest BCUT2D eigenvalue weighted by atomic mass is 32.2. The number of carbonyl (C=O) groups is 1. The molecule has 8 nitrogen and oxygen atoms in total. The molecule has 1 amide bonds. The number of rotatable bonds is 6. The molecule has 36 heavy (non-hydrogen) atoms. The van der Waals surface area contributed by atoms with E-state index in [1.54, 1.807) is 36.4 Å². The number of halogens is 1. The van der Waals surface area contributed by atoms with Crippen LogP contribution in [0.3, 0.4) is 0 Å². The Balaban J connectivity index is 1.45. The van der Waals surface area contributed by atoms with Gasteiger partial charge in [0.05, 0.1) is 21.3 Å². The number of amides is 1. The van der Waals surface area contributed by atoms with Crippen LogP contribution in [0.2, 0.25) is 0 Å². The fourth-order valence-electron chi connectivity index (χ4n) is 3.77. The van der Waals surface area contributed by atoms with Gasteiger partial charge in [0.15, 0.2) is 9.84 Å². The second-order valence-corrected chi connectivity index (χ2v) is 12.6. The average Bonchev–Trinajstić information content (AvgIpc) is 2.84. The Morgan fingerprint density at radius 1 is 1.06 bits per heavy atom. The van der Waals surface area contributed by atoms with Gasteiger partial charge in [-0.15, -0.1) is 0 Å². The van der Waals surface area contributed by atoms with Crippen molar-refractivity contribution < 1.29 is 26.0 Å². The maximum Gasteiger partial charge on any atom is 0.271 e. The molecule has 188 valence electrons. The Morgan fingerprint density at radius 3 is 2.39 bits per heavy atom. The summed E-state index contributed by atoms with van der Waals surface area (Å²) >= 11 is 0. The number of benzene rings is 3. The second kappa shape index (κ2) is 9.92. The van der Waals surface area contributed by atoms with Gasteiger partial charge in [0.2, 0.25) is 10.0 Å². The van der Waals surface area contributed by atoms with Gasteiger partial charge in [-0.1, -0.05) is 29.8 Å². The zero-order valence-corrected chi connectivity index (χ0v) is 21.2. The van der Waals surface area contributed by atoms with Crippen molar-refractivity contribution in [2.45, 2.75) is 29.7 Å². The Bertz CT molecular complexity index is 1550. The molecule has 0 aromatic heterocycles. The van der Waals surface area contributed by atoms with E-state index in [-0.39, 0.29) is 45.3 Å². The number of sulfone groups is 1. The van der Waals surface area contributed by atoms with E-state index in [0.717, 1.165) is 17.7 Å². The van der Waals surface area contributed by atoms with Gasteiger partial charge in [0.1, 0.15) is 5.82 Å². The number of hydrogen-bond donors (Lipinski definition) is 1. The zero-order valence-electron chi connectivity index (χ0n) is 19.6. The molecular formula is C25H24FN3O5S2. The first-order valence-electron chi connectivity index (χ1n) is 11.0. The standard InChI is InChI=1S/C25H24FN3O5S2/c1-17-3-10-21(11-4-17)36(33,34)29(2)16-18-5-7-19(8-6-18)25(30)28-27-23-13-14-35(31,32)24-12-9-20(26)15-22(23)24/h3-12,15H,13-14,16H2,1-2H3,(H,28,30). The Morgan fingerprint density at radius 2 is 1.72 bits per heavy atom. The molecule has 0 unspecified atom stereocenters. The summed E-state index contributed by atoms with van der Waals surface area (Å²) in [6.07, 6.45) is 0.0415. The van der Waals surface area contributed by atoms with Crippen LogP contribution in [-0.4, -0.2) is 45.6 Å². The summed E-state index contributed by atoms with van der Waals surface area (Å²) in [4.78, 5) is 12.8. The fourth-order valence-corrected chi connectivity index (χ4v) is 6.40. The van der Waals surface area contributed by atoms with E-state index in [2.05, 4.69) is 10.5 Å². The molecule has 1 heterocycles. The first-order valence-corrected chi connectivity index (χ1v) is 14.1. The number of nitrogens with one attached hydrogen (secondary N) is 1. The quantitative estimate of drug-likeness (QED) is 0.389. The summed E-state index contributed by atoms with van der Waals surface area (Å²) in [5.74, 6) is -1.33. The molecule has 4 rings (SSSR count). The maximum absolute atomic E-state index is 13.7. The number of hydrazone groups is 1. The molecule has 1 aliphatic heterocycles. The van der Waals surface area contributed by atoms with Gasteiger partial charge in [-0.2, -0.15) is 9.41 Å². The van der Waals surface area contributed by atoms with Crippen molar-refractivity contribution >= 4 is 31.5 Å². The smallest absolute Gasteiger partial charge is 0.267 e. The van der Waals surface area contributed by atoms with Crippen LogP contribution in [0.5, 0.6) is 0 Å². The molecule has 1 N–H and O–H groups in total. The van der Waals surface area contributed by atoms with Crippen LogP contribution in [0.4, 0.5) is 4.39 Å². The molecule has 11 heteroatoms. The van der Waals surface area contributed by atoms with Crippen LogP contribution >= 0.6 is 0 Å². The highest BCUT2D eigenvalue weighted by molar-refractivity contribution is 7.91. The van der Waals surface area contributed by atoms with Crippen LogP contribution in [0, 0.1) is 12.7 Å². The van der Waals surface area contributed by atoms with Crippen molar-refractivity contribution in [3.63, 3.8) is 0 Å². The van der Waals surface area contributed by atoms with Crippen molar-refractivity contribution in [2.24, 2.45) is 5.10 Å². The molecule has 0 atom stereocenters. The van der Waals surface area contributed by atoms with E-state index in [9.17, 15) is 26.0 Å². The predicted octanol–water partition coefficient (Wildman–Crippen LogP) is 3.27. The van der Waals surface area contributed by atoms with Crippen LogP contribution in [-0.2, 0) is 26.4 Å². The summed E-state index contributed by atoms with van der Waals surface area (Å²) in [5, 5.41) is 4.05. The van der Waals surface area contributed by atoms with Crippen molar-refractivity contribution in [3.05, 3.63) is 94.8 Å². The third-order valence-corrected chi connectivity index (χ3v) is 9.42. The van der Waals surface area contributed by atoms with Crippen molar-refractivity contribution in [3.8, 4) is 0 Å². The highest BCUT2D eigenvalue weighted by Gasteiger charge is 2.28. The third kappa shape index (κ3) is 5.38. The summed E-state index contributed by atoms with van der Waals surface area (Å²) < 4.78 is 65.0. The van der Waals surface area contributed by atoms with Gasteiger partial charge < -0.3 is 0 Å². The Kier molecular flexibility index (Phi) is 7.07. The van der Waals surface area contributed by atoms with Crippen molar-refractivity contribution in [1.29, 1.82) is 0 Å². The lowest BCUT2D eigenvalue weighted by Crippen LogP contribution is -2.27. The van der Waals surface area contributed by atoms with E-state index < -0.39 is 31.6 Å². The summed E-state index contributed by atoms with van der Waals surface area (Å²) in [6, 6.07) is 16.3. The lowest BCUT2D eigenvalue weighted by Gasteiger charge is -2.18. The molecule has 3 aromatic carbocycles. The monoisotopic (exact) mass is 529 g/mol. The highest BCUT2D eigenvalue weighted by Crippen LogP contribution is 2.26. The molecule has 0 saturated heterocycles.